The Labute approximate surface area is 185 Å². The first-order valence-corrected chi connectivity index (χ1v) is 11.6. The average molecular weight is 476 g/mol. The number of rotatable bonds is 9. The Kier molecular flexibility index (Phi) is 8.37. The molecule has 11 nitrogen and oxygen atoms in total. The van der Waals surface area contributed by atoms with Crippen LogP contribution in [0.3, 0.4) is 0 Å². The molecule has 1 saturated heterocycles. The van der Waals surface area contributed by atoms with E-state index in [0.717, 1.165) is 13.8 Å². The molecule has 0 bridgehead atoms. The van der Waals surface area contributed by atoms with E-state index < -0.39 is 75.4 Å². The Bertz CT molecular complexity index is 904. The monoisotopic (exact) mass is 475 g/mol. The number of sulfone groups is 1. The Balaban J connectivity index is 2.17. The molecule has 0 spiro atoms. The zero-order valence-electron chi connectivity index (χ0n) is 17.7. The summed E-state index contributed by atoms with van der Waals surface area (Å²) in [7, 11) is -4.34. The highest BCUT2D eigenvalue weighted by Crippen LogP contribution is 2.25. The van der Waals surface area contributed by atoms with Crippen molar-refractivity contribution < 1.29 is 48.3 Å². The second-order valence-corrected chi connectivity index (χ2v) is 10.8. The maximum atomic E-state index is 13.0. The van der Waals surface area contributed by atoms with Gasteiger partial charge in [-0.25, -0.2) is 8.42 Å². The minimum Gasteiger partial charge on any atom is -0.481 e. The predicted octanol–water partition coefficient (Wildman–Crippen LogP) is -1.96. The van der Waals surface area contributed by atoms with Crippen molar-refractivity contribution in [2.24, 2.45) is 5.92 Å². The number of carbonyl (C=O) groups is 2. The van der Waals surface area contributed by atoms with Crippen molar-refractivity contribution >= 4 is 21.7 Å². The van der Waals surface area contributed by atoms with Crippen LogP contribution in [0.15, 0.2) is 30.3 Å². The largest absolute Gasteiger partial charge is 0.481 e. The van der Waals surface area contributed by atoms with Gasteiger partial charge in [0.15, 0.2) is 16.1 Å². The van der Waals surface area contributed by atoms with Crippen LogP contribution in [0, 0.1) is 5.92 Å². The topological polar surface area (TPSA) is 191 Å². The first-order valence-electron chi connectivity index (χ1n) is 9.92. The Morgan fingerprint density at radius 2 is 1.72 bits per heavy atom. The first-order chi connectivity index (χ1) is 14.8. The highest BCUT2D eigenvalue weighted by Gasteiger charge is 2.49. The zero-order valence-corrected chi connectivity index (χ0v) is 18.5. The molecule has 6 atom stereocenters. The lowest BCUT2D eigenvalue weighted by molar-refractivity contribution is -0.254. The maximum Gasteiger partial charge on any atom is 0.307 e. The van der Waals surface area contributed by atoms with Gasteiger partial charge in [-0.05, 0) is 25.8 Å². The molecular formula is C20H29NO10S. The van der Waals surface area contributed by atoms with Crippen LogP contribution >= 0.6 is 0 Å². The number of aliphatic hydroxyl groups excluding tert-OH is 4. The minimum atomic E-state index is -4.34. The number of carboxylic acid groups (broad SMARTS) is 1. The molecule has 2 rings (SSSR count). The molecule has 0 radical (unpaired) electrons. The van der Waals surface area contributed by atoms with Crippen LogP contribution in [0.4, 0.5) is 0 Å². The standard InChI is InChI=1S/C20H29NO10S/c1-20(2,19(28)21-14-16(24)15(23)13(9-22)31-18(14)27)32(29,30)10-12(17(25)26)8-11-6-4-3-5-7-11/h3-7,12-16,18,22-24,27H,8-10H2,1-2H3,(H,21,28)(H,25,26)/t12-,13-,14-,15-,16-,18?/m1/s1. The third kappa shape index (κ3) is 5.63. The summed E-state index contributed by atoms with van der Waals surface area (Å²) in [5.41, 5.74) is 0.621. The Hall–Kier alpha value is -2.09. The van der Waals surface area contributed by atoms with Crippen molar-refractivity contribution in [3.63, 3.8) is 0 Å². The van der Waals surface area contributed by atoms with Gasteiger partial charge < -0.3 is 35.6 Å². The van der Waals surface area contributed by atoms with Gasteiger partial charge in [-0.15, -0.1) is 0 Å². The van der Waals surface area contributed by atoms with Gasteiger partial charge >= 0.3 is 5.97 Å². The van der Waals surface area contributed by atoms with E-state index in [2.05, 4.69) is 5.32 Å². The van der Waals surface area contributed by atoms with Crippen LogP contribution in [0.25, 0.3) is 0 Å². The molecule has 1 aliphatic heterocycles. The van der Waals surface area contributed by atoms with E-state index in [-0.39, 0.29) is 6.42 Å². The van der Waals surface area contributed by atoms with Gasteiger partial charge in [0.1, 0.15) is 29.1 Å². The quantitative estimate of drug-likeness (QED) is 0.234. The molecule has 1 fully saturated rings. The number of hydrogen-bond donors (Lipinski definition) is 6. The summed E-state index contributed by atoms with van der Waals surface area (Å²) >= 11 is 0. The van der Waals surface area contributed by atoms with Crippen LogP contribution in [0.1, 0.15) is 19.4 Å². The van der Waals surface area contributed by atoms with Gasteiger partial charge in [0.05, 0.1) is 18.3 Å². The number of hydrogen-bond acceptors (Lipinski definition) is 9. The van der Waals surface area contributed by atoms with E-state index in [1.165, 1.54) is 0 Å². The summed E-state index contributed by atoms with van der Waals surface area (Å²) in [6.07, 6.45) is -6.56. The normalized spacial score (nSPS) is 27.5. The van der Waals surface area contributed by atoms with Gasteiger partial charge in [0.2, 0.25) is 5.91 Å². The lowest BCUT2D eigenvalue weighted by Gasteiger charge is -2.41. The highest BCUT2D eigenvalue weighted by molar-refractivity contribution is 7.93. The van der Waals surface area contributed by atoms with Gasteiger partial charge in [0, 0.05) is 0 Å². The van der Waals surface area contributed by atoms with Crippen molar-refractivity contribution in [3.8, 4) is 0 Å². The molecule has 0 aliphatic carbocycles. The lowest BCUT2D eigenvalue weighted by Crippen LogP contribution is -2.66. The fourth-order valence-electron chi connectivity index (χ4n) is 3.31. The molecule has 0 aromatic heterocycles. The van der Waals surface area contributed by atoms with Crippen molar-refractivity contribution in [3.05, 3.63) is 35.9 Å². The molecule has 6 N–H and O–H groups in total. The number of amides is 1. The number of ether oxygens (including phenoxy) is 1. The van der Waals surface area contributed by atoms with Gasteiger partial charge in [-0.3, -0.25) is 9.59 Å². The van der Waals surface area contributed by atoms with Crippen LogP contribution in [0.2, 0.25) is 0 Å². The van der Waals surface area contributed by atoms with E-state index in [4.69, 9.17) is 9.84 Å². The number of nitrogens with one attached hydrogen (secondary N) is 1. The van der Waals surface area contributed by atoms with E-state index >= 15 is 0 Å². The Morgan fingerprint density at radius 3 is 2.25 bits per heavy atom. The number of carbonyl (C=O) groups excluding carboxylic acids is 1. The fourth-order valence-corrected chi connectivity index (χ4v) is 4.86. The highest BCUT2D eigenvalue weighted by atomic mass is 32.2. The molecular weight excluding hydrogens is 446 g/mol. The van der Waals surface area contributed by atoms with E-state index in [9.17, 15) is 38.4 Å². The second kappa shape index (κ2) is 10.2. The summed E-state index contributed by atoms with van der Waals surface area (Å²) in [6, 6.07) is 6.88. The van der Waals surface area contributed by atoms with E-state index in [1.54, 1.807) is 30.3 Å². The summed E-state index contributed by atoms with van der Waals surface area (Å²) in [5.74, 6) is -4.59. The van der Waals surface area contributed by atoms with Crippen LogP contribution in [0.5, 0.6) is 0 Å². The van der Waals surface area contributed by atoms with Crippen LogP contribution in [-0.4, -0.2) is 93.6 Å². The van der Waals surface area contributed by atoms with Gasteiger partial charge in [-0.1, -0.05) is 30.3 Å². The molecule has 1 aromatic rings. The minimum absolute atomic E-state index is 0.0598. The second-order valence-electron chi connectivity index (χ2n) is 8.24. The molecule has 1 aliphatic rings. The zero-order chi connectivity index (χ0) is 24.3. The fraction of sp³-hybridized carbons (Fsp3) is 0.600. The molecule has 1 aromatic carbocycles. The predicted molar refractivity (Wildman–Crippen MR) is 111 cm³/mol. The third-order valence-electron chi connectivity index (χ3n) is 5.62. The molecule has 32 heavy (non-hydrogen) atoms. The van der Waals surface area contributed by atoms with Crippen molar-refractivity contribution in [1.82, 2.24) is 5.32 Å². The van der Waals surface area contributed by atoms with Gasteiger partial charge in [0.25, 0.3) is 0 Å². The summed E-state index contributed by atoms with van der Waals surface area (Å²) in [6.45, 7) is 1.46. The molecule has 0 saturated carbocycles. The average Bonchev–Trinajstić information content (AvgIpc) is 2.73. The maximum absolute atomic E-state index is 13.0. The lowest BCUT2D eigenvalue weighted by atomic mass is 9.96. The van der Waals surface area contributed by atoms with E-state index in [1.807, 2.05) is 0 Å². The van der Waals surface area contributed by atoms with Gasteiger partial charge in [-0.2, -0.15) is 0 Å². The number of aliphatic carboxylic acids is 1. The number of aliphatic hydroxyl groups is 4. The van der Waals surface area contributed by atoms with Crippen molar-refractivity contribution in [2.75, 3.05) is 12.4 Å². The molecule has 12 heteroatoms. The summed E-state index contributed by atoms with van der Waals surface area (Å²) < 4.78 is 28.8. The number of carboxylic acids is 1. The van der Waals surface area contributed by atoms with E-state index in [0.29, 0.717) is 5.56 Å². The van der Waals surface area contributed by atoms with Crippen molar-refractivity contribution in [2.45, 2.75) is 55.7 Å². The molecule has 1 amide bonds. The smallest absolute Gasteiger partial charge is 0.307 e. The molecule has 1 heterocycles. The SMILES string of the molecule is CC(C)(C(=O)N[C@H]1C(O)O[C@H](CO)[C@@H](O)[C@@H]1O)S(=O)(=O)C[C@@H](Cc1ccccc1)C(=O)O. The Morgan fingerprint density at radius 1 is 1.12 bits per heavy atom. The molecule has 1 unspecified atom stereocenters. The van der Waals surface area contributed by atoms with Crippen LogP contribution < -0.4 is 5.32 Å². The van der Waals surface area contributed by atoms with Crippen LogP contribution in [-0.2, 0) is 30.6 Å². The summed E-state index contributed by atoms with van der Waals surface area (Å²) in [5, 5.41) is 50.9. The van der Waals surface area contributed by atoms with Crippen molar-refractivity contribution in [1.29, 1.82) is 0 Å². The number of benzene rings is 1. The first kappa shape index (κ1) is 26.2. The summed E-state index contributed by atoms with van der Waals surface area (Å²) in [4.78, 5) is 24.5. The third-order valence-corrected chi connectivity index (χ3v) is 8.20. The molecule has 180 valence electrons.